The van der Waals surface area contributed by atoms with E-state index in [1.807, 2.05) is 0 Å². The van der Waals surface area contributed by atoms with Gasteiger partial charge in [-0.1, -0.05) is 13.8 Å². The van der Waals surface area contributed by atoms with E-state index in [0.29, 0.717) is 5.92 Å². The predicted octanol–water partition coefficient (Wildman–Crippen LogP) is 3.80. The summed E-state index contributed by atoms with van der Waals surface area (Å²) in [7, 11) is 0. The number of hydrogen-bond acceptors (Lipinski definition) is 2. The topological polar surface area (TPSA) is 35.2 Å². The fourth-order valence-corrected chi connectivity index (χ4v) is 3.63. The molecule has 0 amide bonds. The quantitative estimate of drug-likeness (QED) is 0.772. The highest BCUT2D eigenvalue weighted by Gasteiger charge is 2.44. The van der Waals surface area contributed by atoms with Gasteiger partial charge >= 0.3 is 0 Å². The van der Waals surface area contributed by atoms with Crippen molar-refractivity contribution in [1.29, 1.82) is 0 Å². The van der Waals surface area contributed by atoms with Crippen LogP contribution in [0.1, 0.15) is 51.1 Å². The van der Waals surface area contributed by atoms with Gasteiger partial charge in [0.25, 0.3) is 0 Å². The lowest BCUT2D eigenvalue weighted by Crippen LogP contribution is -2.47. The summed E-state index contributed by atoms with van der Waals surface area (Å²) >= 11 is 0. The van der Waals surface area contributed by atoms with Crippen molar-refractivity contribution in [2.45, 2.75) is 51.2 Å². The summed E-state index contributed by atoms with van der Waals surface area (Å²) in [6.07, 6.45) is 4.10. The molecular weight excluding hydrogens is 241 g/mol. The number of ether oxygens (including phenoxy) is 1. The zero-order valence-electron chi connectivity index (χ0n) is 11.7. The van der Waals surface area contributed by atoms with Crippen LogP contribution in [-0.4, -0.2) is 5.60 Å². The number of benzene rings is 1. The molecule has 1 spiro atoms. The molecule has 1 fully saturated rings. The van der Waals surface area contributed by atoms with E-state index in [-0.39, 0.29) is 17.5 Å². The van der Waals surface area contributed by atoms with Gasteiger partial charge in [-0.15, -0.1) is 0 Å². The monoisotopic (exact) mass is 263 g/mol. The number of fused-ring (bicyclic) bond motifs is 1. The van der Waals surface area contributed by atoms with Gasteiger partial charge in [-0.05, 0) is 49.3 Å². The van der Waals surface area contributed by atoms with Crippen LogP contribution in [0.3, 0.4) is 0 Å². The SMILES string of the molecule is CC1CCC2(CC1C)C[C@@H](N)c1cc(F)ccc1O2. The highest BCUT2D eigenvalue weighted by molar-refractivity contribution is 5.39. The third kappa shape index (κ3) is 2.25. The standard InChI is InChI=1S/C16H22FNO/c1-10-5-6-16(8-11(10)2)9-14(18)13-7-12(17)3-4-15(13)19-16/h3-4,7,10-11,14H,5-6,8-9,18H2,1-2H3/t10?,11?,14-,16?/m1/s1. The first-order valence-electron chi connectivity index (χ1n) is 7.23. The predicted molar refractivity (Wildman–Crippen MR) is 73.5 cm³/mol. The third-order valence-electron chi connectivity index (χ3n) is 5.01. The van der Waals surface area contributed by atoms with Crippen LogP contribution in [0, 0.1) is 17.7 Å². The minimum absolute atomic E-state index is 0.111. The molecule has 1 heterocycles. The lowest BCUT2D eigenvalue weighted by molar-refractivity contribution is -0.0288. The highest BCUT2D eigenvalue weighted by Crippen LogP contribution is 2.48. The Morgan fingerprint density at radius 2 is 2.05 bits per heavy atom. The Morgan fingerprint density at radius 3 is 2.79 bits per heavy atom. The minimum atomic E-state index is -0.237. The summed E-state index contributed by atoms with van der Waals surface area (Å²) in [5.74, 6) is 1.95. The van der Waals surface area contributed by atoms with E-state index in [0.717, 1.165) is 36.5 Å². The molecule has 0 saturated heterocycles. The smallest absolute Gasteiger partial charge is 0.125 e. The van der Waals surface area contributed by atoms with Gasteiger partial charge in [0.05, 0.1) is 0 Å². The Hall–Kier alpha value is -1.09. The van der Waals surface area contributed by atoms with E-state index in [4.69, 9.17) is 10.5 Å². The fraction of sp³-hybridized carbons (Fsp3) is 0.625. The average Bonchev–Trinajstić information content (AvgIpc) is 2.36. The number of halogens is 1. The molecule has 4 atom stereocenters. The highest BCUT2D eigenvalue weighted by atomic mass is 19.1. The maximum atomic E-state index is 13.3. The van der Waals surface area contributed by atoms with Crippen LogP contribution < -0.4 is 10.5 Å². The molecule has 0 aromatic heterocycles. The second kappa shape index (κ2) is 4.48. The van der Waals surface area contributed by atoms with Crippen LogP contribution in [0.25, 0.3) is 0 Å². The number of rotatable bonds is 0. The van der Waals surface area contributed by atoms with Gasteiger partial charge in [-0.3, -0.25) is 0 Å². The number of hydrogen-bond donors (Lipinski definition) is 1. The minimum Gasteiger partial charge on any atom is -0.487 e. The van der Waals surface area contributed by atoms with E-state index < -0.39 is 0 Å². The Kier molecular flexibility index (Phi) is 3.05. The van der Waals surface area contributed by atoms with Crippen LogP contribution in [0.5, 0.6) is 5.75 Å². The van der Waals surface area contributed by atoms with Crippen LogP contribution in [0.4, 0.5) is 4.39 Å². The van der Waals surface area contributed by atoms with Gasteiger partial charge in [0, 0.05) is 18.0 Å². The van der Waals surface area contributed by atoms with E-state index in [2.05, 4.69) is 13.8 Å². The first-order valence-corrected chi connectivity index (χ1v) is 7.23. The third-order valence-corrected chi connectivity index (χ3v) is 5.01. The van der Waals surface area contributed by atoms with Crippen molar-refractivity contribution in [3.8, 4) is 5.75 Å². The Balaban J connectivity index is 1.90. The van der Waals surface area contributed by atoms with Crippen LogP contribution in [-0.2, 0) is 0 Å². The molecule has 104 valence electrons. The van der Waals surface area contributed by atoms with Gasteiger partial charge < -0.3 is 10.5 Å². The lowest BCUT2D eigenvalue weighted by Gasteiger charge is -2.47. The lowest BCUT2D eigenvalue weighted by atomic mass is 9.69. The molecule has 1 aliphatic carbocycles. The molecule has 1 aromatic rings. The van der Waals surface area contributed by atoms with Crippen molar-refractivity contribution in [1.82, 2.24) is 0 Å². The van der Waals surface area contributed by atoms with Crippen molar-refractivity contribution < 1.29 is 9.13 Å². The Labute approximate surface area is 114 Å². The van der Waals surface area contributed by atoms with Gasteiger partial charge in [-0.2, -0.15) is 0 Å². The van der Waals surface area contributed by atoms with Gasteiger partial charge in [0.2, 0.25) is 0 Å². The molecule has 1 aliphatic heterocycles. The van der Waals surface area contributed by atoms with E-state index >= 15 is 0 Å². The van der Waals surface area contributed by atoms with Crippen molar-refractivity contribution in [3.63, 3.8) is 0 Å². The molecular formula is C16H22FNO. The molecule has 3 unspecified atom stereocenters. The molecule has 1 saturated carbocycles. The summed E-state index contributed by atoms with van der Waals surface area (Å²) in [4.78, 5) is 0. The largest absolute Gasteiger partial charge is 0.487 e. The first-order chi connectivity index (χ1) is 8.99. The van der Waals surface area contributed by atoms with Crippen molar-refractivity contribution in [2.75, 3.05) is 0 Å². The maximum Gasteiger partial charge on any atom is 0.125 e. The normalized spacial score (nSPS) is 37.8. The van der Waals surface area contributed by atoms with Crippen molar-refractivity contribution >= 4 is 0 Å². The van der Waals surface area contributed by atoms with E-state index in [9.17, 15) is 4.39 Å². The molecule has 2 nitrogen and oxygen atoms in total. The molecule has 1 aromatic carbocycles. The molecule has 3 heteroatoms. The molecule has 0 radical (unpaired) electrons. The van der Waals surface area contributed by atoms with Gasteiger partial charge in [-0.25, -0.2) is 4.39 Å². The average molecular weight is 263 g/mol. The van der Waals surface area contributed by atoms with Crippen molar-refractivity contribution in [3.05, 3.63) is 29.6 Å². The van der Waals surface area contributed by atoms with Crippen LogP contribution >= 0.6 is 0 Å². The molecule has 2 N–H and O–H groups in total. The van der Waals surface area contributed by atoms with Gasteiger partial charge in [0.15, 0.2) is 0 Å². The van der Waals surface area contributed by atoms with E-state index in [1.54, 1.807) is 6.07 Å². The maximum absolute atomic E-state index is 13.3. The Morgan fingerprint density at radius 1 is 1.26 bits per heavy atom. The second-order valence-electron chi connectivity index (χ2n) is 6.48. The van der Waals surface area contributed by atoms with Crippen LogP contribution in [0.2, 0.25) is 0 Å². The summed E-state index contributed by atoms with van der Waals surface area (Å²) in [5, 5.41) is 0. The van der Waals surface area contributed by atoms with E-state index in [1.165, 1.54) is 18.6 Å². The molecule has 0 bridgehead atoms. The zero-order valence-corrected chi connectivity index (χ0v) is 11.7. The fourth-order valence-electron chi connectivity index (χ4n) is 3.63. The summed E-state index contributed by atoms with van der Waals surface area (Å²) in [5.41, 5.74) is 6.94. The molecule has 3 rings (SSSR count). The van der Waals surface area contributed by atoms with Crippen molar-refractivity contribution in [2.24, 2.45) is 17.6 Å². The molecule has 19 heavy (non-hydrogen) atoms. The number of nitrogens with two attached hydrogens (primary N) is 1. The zero-order chi connectivity index (χ0) is 13.6. The van der Waals surface area contributed by atoms with Gasteiger partial charge in [0.1, 0.15) is 17.2 Å². The summed E-state index contributed by atoms with van der Waals surface area (Å²) in [6, 6.07) is 4.59. The first kappa shape index (κ1) is 12.9. The van der Waals surface area contributed by atoms with Crippen LogP contribution in [0.15, 0.2) is 18.2 Å². The summed E-state index contributed by atoms with van der Waals surface area (Å²) < 4.78 is 19.6. The second-order valence-corrected chi connectivity index (χ2v) is 6.48. The Bertz CT molecular complexity index is 490. The molecule has 2 aliphatic rings. The summed E-state index contributed by atoms with van der Waals surface area (Å²) in [6.45, 7) is 4.60.